The average Bonchev–Trinajstić information content (AvgIpc) is 3.01. The van der Waals surface area contributed by atoms with Crippen LogP contribution in [0.4, 0.5) is 4.79 Å². The van der Waals surface area contributed by atoms with E-state index in [2.05, 4.69) is 16.7 Å². The van der Waals surface area contributed by atoms with Gasteiger partial charge in [-0.05, 0) is 29.3 Å². The minimum absolute atomic E-state index is 0.00466. The van der Waals surface area contributed by atoms with Crippen LogP contribution in [0.5, 0.6) is 11.5 Å². The van der Waals surface area contributed by atoms with Crippen molar-refractivity contribution in [2.24, 2.45) is 0 Å². The molecule has 0 fully saturated rings. The van der Waals surface area contributed by atoms with Crippen molar-refractivity contribution in [2.75, 3.05) is 13.7 Å². The zero-order valence-corrected chi connectivity index (χ0v) is 13.0. The number of benzene rings is 2. The molecule has 5 nitrogen and oxygen atoms in total. The number of urea groups is 1. The maximum Gasteiger partial charge on any atom is 0.315 e. The van der Waals surface area contributed by atoms with E-state index in [0.29, 0.717) is 13.1 Å². The number of amides is 2. The molecule has 120 valence electrons. The minimum Gasteiger partial charge on any atom is -0.497 e. The number of hydrogen-bond donors (Lipinski definition) is 2. The summed E-state index contributed by atoms with van der Waals surface area (Å²) in [5.74, 6) is 1.69. The SMILES string of the molecule is COc1cccc(CNC(=O)NCC2Cc3ccccc3O2)c1. The van der Waals surface area contributed by atoms with Crippen molar-refractivity contribution in [1.29, 1.82) is 0 Å². The first-order valence-electron chi connectivity index (χ1n) is 7.64. The molecule has 0 aliphatic carbocycles. The maximum atomic E-state index is 11.9. The molecule has 0 bridgehead atoms. The number of carbonyl (C=O) groups excluding carboxylic acids is 1. The van der Waals surface area contributed by atoms with Crippen molar-refractivity contribution in [3.05, 3.63) is 59.7 Å². The average molecular weight is 312 g/mol. The zero-order valence-electron chi connectivity index (χ0n) is 13.0. The van der Waals surface area contributed by atoms with Crippen molar-refractivity contribution in [1.82, 2.24) is 10.6 Å². The Balaban J connectivity index is 1.42. The molecule has 1 heterocycles. The molecular weight excluding hydrogens is 292 g/mol. The van der Waals surface area contributed by atoms with E-state index in [1.165, 1.54) is 5.56 Å². The Bertz CT molecular complexity index is 662. The molecule has 0 saturated carbocycles. The van der Waals surface area contributed by atoms with Crippen LogP contribution in [0.3, 0.4) is 0 Å². The molecule has 3 rings (SSSR count). The third-order valence-electron chi connectivity index (χ3n) is 3.79. The van der Waals surface area contributed by atoms with E-state index < -0.39 is 0 Å². The molecule has 1 aliphatic heterocycles. The first-order chi connectivity index (χ1) is 11.2. The fraction of sp³-hybridized carbons (Fsp3) is 0.278. The van der Waals surface area contributed by atoms with E-state index in [0.717, 1.165) is 23.5 Å². The molecule has 0 radical (unpaired) electrons. The van der Waals surface area contributed by atoms with Gasteiger partial charge in [0.25, 0.3) is 0 Å². The number of fused-ring (bicyclic) bond motifs is 1. The molecule has 0 saturated heterocycles. The molecule has 1 atom stereocenters. The number of para-hydroxylation sites is 1. The number of ether oxygens (including phenoxy) is 2. The molecule has 5 heteroatoms. The quantitative estimate of drug-likeness (QED) is 0.892. The Kier molecular flexibility index (Phi) is 4.66. The highest BCUT2D eigenvalue weighted by Crippen LogP contribution is 2.27. The second kappa shape index (κ2) is 7.05. The van der Waals surface area contributed by atoms with E-state index >= 15 is 0 Å². The summed E-state index contributed by atoms with van der Waals surface area (Å²) in [5, 5.41) is 5.69. The van der Waals surface area contributed by atoms with Crippen molar-refractivity contribution < 1.29 is 14.3 Å². The van der Waals surface area contributed by atoms with Crippen LogP contribution in [0.25, 0.3) is 0 Å². The summed E-state index contributed by atoms with van der Waals surface area (Å²) in [5.41, 5.74) is 2.18. The van der Waals surface area contributed by atoms with Gasteiger partial charge in [0.1, 0.15) is 17.6 Å². The summed E-state index contributed by atoms with van der Waals surface area (Å²) < 4.78 is 11.0. The van der Waals surface area contributed by atoms with Gasteiger partial charge < -0.3 is 20.1 Å². The standard InChI is InChI=1S/C18H20N2O3/c1-22-15-7-4-5-13(9-15)11-19-18(21)20-12-16-10-14-6-2-3-8-17(14)23-16/h2-9,16H,10-12H2,1H3,(H2,19,20,21). The van der Waals surface area contributed by atoms with Gasteiger partial charge in [-0.2, -0.15) is 0 Å². The molecule has 0 aromatic heterocycles. The van der Waals surface area contributed by atoms with Crippen LogP contribution in [0, 0.1) is 0 Å². The van der Waals surface area contributed by atoms with Gasteiger partial charge in [0, 0.05) is 13.0 Å². The largest absolute Gasteiger partial charge is 0.497 e. The molecule has 2 amide bonds. The lowest BCUT2D eigenvalue weighted by Gasteiger charge is -2.13. The Labute approximate surface area is 135 Å². The third-order valence-corrected chi connectivity index (χ3v) is 3.79. The van der Waals surface area contributed by atoms with Gasteiger partial charge in [0.15, 0.2) is 0 Å². The van der Waals surface area contributed by atoms with Crippen LogP contribution in [0.15, 0.2) is 48.5 Å². The Morgan fingerprint density at radius 3 is 2.91 bits per heavy atom. The molecule has 2 aromatic carbocycles. The number of hydrogen-bond acceptors (Lipinski definition) is 3. The molecule has 1 unspecified atom stereocenters. The predicted octanol–water partition coefficient (Wildman–Crippen LogP) is 2.50. The Hall–Kier alpha value is -2.69. The van der Waals surface area contributed by atoms with Crippen molar-refractivity contribution in [2.45, 2.75) is 19.1 Å². The van der Waals surface area contributed by atoms with Crippen molar-refractivity contribution >= 4 is 6.03 Å². The van der Waals surface area contributed by atoms with Gasteiger partial charge in [0.05, 0.1) is 13.7 Å². The number of rotatable bonds is 5. The van der Waals surface area contributed by atoms with Crippen LogP contribution in [0.2, 0.25) is 0 Å². The Morgan fingerprint density at radius 2 is 2.09 bits per heavy atom. The van der Waals surface area contributed by atoms with E-state index in [-0.39, 0.29) is 12.1 Å². The predicted molar refractivity (Wildman–Crippen MR) is 87.8 cm³/mol. The fourth-order valence-electron chi connectivity index (χ4n) is 2.60. The molecule has 0 spiro atoms. The summed E-state index contributed by atoms with van der Waals surface area (Å²) in [6.45, 7) is 0.938. The van der Waals surface area contributed by atoms with Gasteiger partial charge in [-0.3, -0.25) is 0 Å². The van der Waals surface area contributed by atoms with Crippen LogP contribution in [0.1, 0.15) is 11.1 Å². The number of carbonyl (C=O) groups is 1. The van der Waals surface area contributed by atoms with Crippen LogP contribution in [-0.2, 0) is 13.0 Å². The van der Waals surface area contributed by atoms with Gasteiger partial charge in [-0.15, -0.1) is 0 Å². The molecule has 2 aromatic rings. The Morgan fingerprint density at radius 1 is 1.22 bits per heavy atom. The van der Waals surface area contributed by atoms with Crippen molar-refractivity contribution in [3.8, 4) is 11.5 Å². The maximum absolute atomic E-state index is 11.9. The lowest BCUT2D eigenvalue weighted by molar-refractivity contribution is 0.214. The zero-order chi connectivity index (χ0) is 16.1. The van der Waals surface area contributed by atoms with Gasteiger partial charge in [-0.25, -0.2) is 4.79 Å². The monoisotopic (exact) mass is 312 g/mol. The topological polar surface area (TPSA) is 59.6 Å². The first kappa shape index (κ1) is 15.2. The molecule has 1 aliphatic rings. The minimum atomic E-state index is -0.202. The second-order valence-electron chi connectivity index (χ2n) is 5.47. The van der Waals surface area contributed by atoms with Crippen LogP contribution in [-0.4, -0.2) is 25.8 Å². The lowest BCUT2D eigenvalue weighted by Crippen LogP contribution is -2.40. The van der Waals surface area contributed by atoms with E-state index in [1.54, 1.807) is 7.11 Å². The highest BCUT2D eigenvalue weighted by Gasteiger charge is 2.22. The fourth-order valence-corrected chi connectivity index (χ4v) is 2.60. The third kappa shape index (κ3) is 3.94. The van der Waals surface area contributed by atoms with Gasteiger partial charge in [0.2, 0.25) is 0 Å². The summed E-state index contributed by atoms with van der Waals surface area (Å²) in [6, 6.07) is 15.4. The van der Waals surface area contributed by atoms with E-state index in [9.17, 15) is 4.79 Å². The molecular formula is C18H20N2O3. The summed E-state index contributed by atoms with van der Waals surface area (Å²) in [7, 11) is 1.62. The smallest absolute Gasteiger partial charge is 0.315 e. The second-order valence-corrected chi connectivity index (χ2v) is 5.47. The number of methoxy groups -OCH3 is 1. The van der Waals surface area contributed by atoms with E-state index in [4.69, 9.17) is 9.47 Å². The summed E-state index contributed by atoms with van der Waals surface area (Å²) in [4.78, 5) is 11.9. The van der Waals surface area contributed by atoms with Crippen LogP contribution < -0.4 is 20.1 Å². The van der Waals surface area contributed by atoms with Gasteiger partial charge >= 0.3 is 6.03 Å². The van der Waals surface area contributed by atoms with Crippen LogP contribution >= 0.6 is 0 Å². The van der Waals surface area contributed by atoms with E-state index in [1.807, 2.05) is 42.5 Å². The molecule has 23 heavy (non-hydrogen) atoms. The highest BCUT2D eigenvalue weighted by molar-refractivity contribution is 5.73. The lowest BCUT2D eigenvalue weighted by atomic mass is 10.1. The summed E-state index contributed by atoms with van der Waals surface area (Å²) >= 11 is 0. The van der Waals surface area contributed by atoms with Gasteiger partial charge in [-0.1, -0.05) is 30.3 Å². The number of nitrogens with one attached hydrogen (secondary N) is 2. The molecule has 2 N–H and O–H groups in total. The normalized spacial score (nSPS) is 15.4. The first-order valence-corrected chi connectivity index (χ1v) is 7.64. The highest BCUT2D eigenvalue weighted by atomic mass is 16.5. The van der Waals surface area contributed by atoms with Crippen molar-refractivity contribution in [3.63, 3.8) is 0 Å². The summed E-state index contributed by atoms with van der Waals surface area (Å²) in [6.07, 6.45) is 0.821.